The van der Waals surface area contributed by atoms with Gasteiger partial charge in [0.05, 0.1) is 12.3 Å². The molecule has 0 unspecified atom stereocenters. The van der Waals surface area contributed by atoms with Crippen LogP contribution in [0.5, 0.6) is 0 Å². The van der Waals surface area contributed by atoms with E-state index in [1.165, 1.54) is 0 Å². The number of ether oxygens (including phenoxy) is 1. The number of nitrogens with zero attached hydrogens (tertiary/aromatic N) is 3. The number of hydrogen-bond donors (Lipinski definition) is 0. The van der Waals surface area contributed by atoms with Gasteiger partial charge in [0.25, 0.3) is 5.56 Å². The third kappa shape index (κ3) is 2.95. The van der Waals surface area contributed by atoms with Gasteiger partial charge in [0, 0.05) is 5.39 Å². The van der Waals surface area contributed by atoms with Gasteiger partial charge in [-0.15, -0.1) is 11.3 Å². The number of esters is 1. The van der Waals surface area contributed by atoms with Gasteiger partial charge >= 0.3 is 5.97 Å². The van der Waals surface area contributed by atoms with E-state index in [0.717, 1.165) is 16.0 Å². The Morgan fingerprint density at radius 1 is 1.57 bits per heavy atom. The molecular weight excluding hydrogens is 290 g/mol. The molecule has 0 aliphatic rings. The molecule has 0 bridgehead atoms. The molecule has 0 fully saturated rings. The molecule has 21 heavy (non-hydrogen) atoms. The third-order valence-corrected chi connectivity index (χ3v) is 3.93. The van der Waals surface area contributed by atoms with Crippen molar-refractivity contribution >= 4 is 27.4 Å². The Balaban J connectivity index is 2.62. The lowest BCUT2D eigenvalue weighted by atomic mass is 10.1. The summed E-state index contributed by atoms with van der Waals surface area (Å²) < 4.78 is 6.42. The van der Waals surface area contributed by atoms with Crippen molar-refractivity contribution in [3.8, 4) is 6.07 Å². The van der Waals surface area contributed by atoms with Crippen LogP contribution in [0.3, 0.4) is 0 Å². The van der Waals surface area contributed by atoms with Crippen molar-refractivity contribution < 1.29 is 9.53 Å². The summed E-state index contributed by atoms with van der Waals surface area (Å²) in [5, 5.41) is 14.0. The highest BCUT2D eigenvalue weighted by Crippen LogP contribution is 2.27. The zero-order valence-electron chi connectivity index (χ0n) is 12.0. The predicted molar refractivity (Wildman–Crippen MR) is 79.3 cm³/mol. The minimum atomic E-state index is -0.502. The Labute approximate surface area is 125 Å². The van der Waals surface area contributed by atoms with E-state index in [9.17, 15) is 9.59 Å². The number of thiophene rings is 1. The van der Waals surface area contributed by atoms with E-state index in [-0.39, 0.29) is 24.6 Å². The second kappa shape index (κ2) is 6.06. The molecule has 0 N–H and O–H groups in total. The molecule has 110 valence electrons. The van der Waals surface area contributed by atoms with Gasteiger partial charge in [0.2, 0.25) is 0 Å². The zero-order valence-corrected chi connectivity index (χ0v) is 12.9. The molecule has 0 aliphatic heterocycles. The largest absolute Gasteiger partial charge is 0.465 e. The summed E-state index contributed by atoms with van der Waals surface area (Å²) in [6.45, 7) is 5.64. The van der Waals surface area contributed by atoms with Crippen LogP contribution in [-0.4, -0.2) is 22.4 Å². The fourth-order valence-electron chi connectivity index (χ4n) is 2.00. The molecule has 2 aromatic rings. The number of hydrogen-bond acceptors (Lipinski definition) is 6. The van der Waals surface area contributed by atoms with Crippen LogP contribution < -0.4 is 5.56 Å². The van der Waals surface area contributed by atoms with E-state index in [1.54, 1.807) is 13.0 Å². The topological polar surface area (TPSA) is 85.0 Å². The minimum absolute atomic E-state index is 0.0719. The molecule has 6 nitrogen and oxygen atoms in total. The molecule has 2 aromatic heterocycles. The maximum Gasteiger partial charge on any atom is 0.327 e. The number of nitriles is 1. The average Bonchev–Trinajstić information content (AvgIpc) is 2.86. The van der Waals surface area contributed by atoms with Crippen molar-refractivity contribution in [3.05, 3.63) is 27.0 Å². The Kier molecular flexibility index (Phi) is 4.38. The van der Waals surface area contributed by atoms with Gasteiger partial charge in [0.1, 0.15) is 22.2 Å². The molecule has 0 amide bonds. The maximum absolute atomic E-state index is 12.4. The number of fused-ring (bicyclic) bond motifs is 1. The van der Waals surface area contributed by atoms with Crippen LogP contribution >= 0.6 is 11.3 Å². The van der Waals surface area contributed by atoms with Crippen LogP contribution in [0.1, 0.15) is 37.3 Å². The number of carbonyl (C=O) groups is 1. The molecule has 0 atom stereocenters. The van der Waals surface area contributed by atoms with Crippen molar-refractivity contribution in [2.45, 2.75) is 33.2 Å². The molecular formula is C14H15N3O3S. The summed E-state index contributed by atoms with van der Waals surface area (Å²) in [6, 6.07) is 3.72. The highest BCUT2D eigenvalue weighted by Gasteiger charge is 2.18. The van der Waals surface area contributed by atoms with Crippen molar-refractivity contribution in [3.63, 3.8) is 0 Å². The first kappa shape index (κ1) is 15.2. The van der Waals surface area contributed by atoms with Gasteiger partial charge in [-0.2, -0.15) is 10.4 Å². The van der Waals surface area contributed by atoms with Crippen LogP contribution in [-0.2, 0) is 16.1 Å². The van der Waals surface area contributed by atoms with Crippen molar-refractivity contribution in [2.24, 2.45) is 0 Å². The molecule has 0 saturated heterocycles. The van der Waals surface area contributed by atoms with Gasteiger partial charge in [-0.25, -0.2) is 4.68 Å². The van der Waals surface area contributed by atoms with Gasteiger partial charge in [-0.1, -0.05) is 13.8 Å². The van der Waals surface area contributed by atoms with Crippen molar-refractivity contribution in [1.29, 1.82) is 5.26 Å². The van der Waals surface area contributed by atoms with Crippen LogP contribution in [0.25, 0.3) is 10.1 Å². The summed E-state index contributed by atoms with van der Waals surface area (Å²) in [7, 11) is 0. The monoisotopic (exact) mass is 305 g/mol. The van der Waals surface area contributed by atoms with Crippen LogP contribution in [0.2, 0.25) is 0 Å². The molecule has 7 heteroatoms. The zero-order chi connectivity index (χ0) is 15.6. The number of aromatic nitrogens is 2. The summed E-state index contributed by atoms with van der Waals surface area (Å²) >= 11 is 1.12. The van der Waals surface area contributed by atoms with E-state index in [0.29, 0.717) is 20.7 Å². The SMILES string of the molecule is CCOC(=O)Cn1nc(C(C)C)c2cc(C#N)sc2c1=O. The first-order valence-electron chi connectivity index (χ1n) is 6.58. The Morgan fingerprint density at radius 3 is 2.86 bits per heavy atom. The van der Waals surface area contributed by atoms with Crippen molar-refractivity contribution in [1.82, 2.24) is 9.78 Å². The molecule has 0 radical (unpaired) electrons. The Bertz CT molecular complexity index is 783. The fourth-order valence-corrected chi connectivity index (χ4v) is 2.91. The summed E-state index contributed by atoms with van der Waals surface area (Å²) in [5.74, 6) is -0.430. The molecule has 0 aromatic carbocycles. The van der Waals surface area contributed by atoms with E-state index in [2.05, 4.69) is 5.10 Å². The molecule has 0 saturated carbocycles. The second-order valence-electron chi connectivity index (χ2n) is 4.77. The lowest BCUT2D eigenvalue weighted by Gasteiger charge is -2.10. The second-order valence-corrected chi connectivity index (χ2v) is 5.83. The number of rotatable bonds is 4. The molecule has 0 aliphatic carbocycles. The first-order chi connectivity index (χ1) is 9.97. The number of carbonyl (C=O) groups excluding carboxylic acids is 1. The van der Waals surface area contributed by atoms with E-state index in [1.807, 2.05) is 19.9 Å². The Hall–Kier alpha value is -2.20. The van der Waals surface area contributed by atoms with Crippen LogP contribution in [0, 0.1) is 11.3 Å². The summed E-state index contributed by atoms with van der Waals surface area (Å²) in [5.41, 5.74) is 0.334. The van der Waals surface area contributed by atoms with Gasteiger partial charge in [-0.3, -0.25) is 9.59 Å². The highest BCUT2D eigenvalue weighted by atomic mass is 32.1. The van der Waals surface area contributed by atoms with E-state index in [4.69, 9.17) is 10.00 Å². The van der Waals surface area contributed by atoms with Gasteiger partial charge < -0.3 is 4.74 Å². The lowest BCUT2D eigenvalue weighted by molar-refractivity contribution is -0.144. The van der Waals surface area contributed by atoms with Crippen LogP contribution in [0.15, 0.2) is 10.9 Å². The molecule has 2 rings (SSSR count). The maximum atomic E-state index is 12.4. The van der Waals surface area contributed by atoms with E-state index < -0.39 is 5.97 Å². The van der Waals surface area contributed by atoms with Crippen LogP contribution in [0.4, 0.5) is 0 Å². The van der Waals surface area contributed by atoms with E-state index >= 15 is 0 Å². The summed E-state index contributed by atoms with van der Waals surface area (Å²) in [4.78, 5) is 24.4. The standard InChI is InChI=1S/C14H15N3O3S/c1-4-20-11(18)7-17-14(19)13-10(5-9(6-15)21-13)12(16-17)8(2)3/h5,8H,4,7H2,1-3H3. The first-order valence-corrected chi connectivity index (χ1v) is 7.39. The lowest BCUT2D eigenvalue weighted by Crippen LogP contribution is -2.28. The van der Waals surface area contributed by atoms with Gasteiger partial charge in [-0.05, 0) is 18.9 Å². The molecule has 0 spiro atoms. The minimum Gasteiger partial charge on any atom is -0.465 e. The predicted octanol–water partition coefficient (Wildman–Crippen LogP) is 2.02. The smallest absolute Gasteiger partial charge is 0.327 e. The highest BCUT2D eigenvalue weighted by molar-refractivity contribution is 7.19. The van der Waals surface area contributed by atoms with Gasteiger partial charge in [0.15, 0.2) is 0 Å². The Morgan fingerprint density at radius 2 is 2.29 bits per heavy atom. The third-order valence-electron chi connectivity index (χ3n) is 2.91. The van der Waals surface area contributed by atoms with Crippen molar-refractivity contribution in [2.75, 3.05) is 6.61 Å². The fraction of sp³-hybridized carbons (Fsp3) is 0.429. The average molecular weight is 305 g/mol. The quantitative estimate of drug-likeness (QED) is 0.807. The normalized spacial score (nSPS) is 10.8. The summed E-state index contributed by atoms with van der Waals surface area (Å²) in [6.07, 6.45) is 0. The molecule has 2 heterocycles.